The number of halogens is 1. The molecule has 7 nitrogen and oxygen atoms in total. The third kappa shape index (κ3) is 4.98. The molecule has 130 valence electrons. The molecule has 1 N–H and O–H groups in total. The van der Waals surface area contributed by atoms with E-state index in [1.54, 1.807) is 6.92 Å². The SMILES string of the molecule is CCOC(=O)/C=C1\SCC(=O)N1CC(=O)Nc1ccc(C#N)c(Cl)c1. The van der Waals surface area contributed by atoms with E-state index in [9.17, 15) is 14.4 Å². The Kier molecular flexibility index (Phi) is 6.44. The van der Waals surface area contributed by atoms with Crippen molar-refractivity contribution in [2.24, 2.45) is 0 Å². The fourth-order valence-electron chi connectivity index (χ4n) is 2.01. The van der Waals surface area contributed by atoms with E-state index < -0.39 is 11.9 Å². The monoisotopic (exact) mass is 379 g/mol. The highest BCUT2D eigenvalue weighted by Gasteiger charge is 2.29. The number of nitriles is 1. The predicted molar refractivity (Wildman–Crippen MR) is 93.7 cm³/mol. The Morgan fingerprint density at radius 2 is 2.28 bits per heavy atom. The summed E-state index contributed by atoms with van der Waals surface area (Å²) in [5.41, 5.74) is 0.703. The van der Waals surface area contributed by atoms with Gasteiger partial charge in [-0.05, 0) is 25.1 Å². The number of hydrogen-bond donors (Lipinski definition) is 1. The van der Waals surface area contributed by atoms with Gasteiger partial charge in [-0.15, -0.1) is 0 Å². The zero-order valence-electron chi connectivity index (χ0n) is 13.2. The topological polar surface area (TPSA) is 99.5 Å². The smallest absolute Gasteiger partial charge is 0.333 e. The highest BCUT2D eigenvalue weighted by molar-refractivity contribution is 8.04. The van der Waals surface area contributed by atoms with Crippen molar-refractivity contribution in [3.8, 4) is 6.07 Å². The summed E-state index contributed by atoms with van der Waals surface area (Å²) in [5.74, 6) is -1.13. The van der Waals surface area contributed by atoms with E-state index in [0.717, 1.165) is 0 Å². The number of amides is 2. The lowest BCUT2D eigenvalue weighted by Crippen LogP contribution is -2.34. The van der Waals surface area contributed by atoms with Gasteiger partial charge in [0.25, 0.3) is 0 Å². The molecule has 1 aromatic carbocycles. The van der Waals surface area contributed by atoms with E-state index in [2.05, 4.69) is 5.32 Å². The Morgan fingerprint density at radius 1 is 1.52 bits per heavy atom. The molecule has 25 heavy (non-hydrogen) atoms. The number of nitrogens with zero attached hydrogens (tertiary/aromatic N) is 2. The van der Waals surface area contributed by atoms with Gasteiger partial charge in [-0.1, -0.05) is 23.4 Å². The summed E-state index contributed by atoms with van der Waals surface area (Å²) in [6.07, 6.45) is 1.20. The van der Waals surface area contributed by atoms with Crippen molar-refractivity contribution < 1.29 is 19.1 Å². The molecule has 1 aliphatic heterocycles. The second-order valence-electron chi connectivity index (χ2n) is 4.86. The maximum Gasteiger partial charge on any atom is 0.333 e. The number of nitrogens with one attached hydrogen (secondary N) is 1. The summed E-state index contributed by atoms with van der Waals surface area (Å²) in [6.45, 7) is 1.66. The summed E-state index contributed by atoms with van der Waals surface area (Å²) in [7, 11) is 0. The van der Waals surface area contributed by atoms with E-state index in [-0.39, 0.29) is 29.8 Å². The van der Waals surface area contributed by atoms with Gasteiger partial charge in [0.1, 0.15) is 12.6 Å². The van der Waals surface area contributed by atoms with E-state index in [0.29, 0.717) is 16.3 Å². The van der Waals surface area contributed by atoms with Crippen molar-refractivity contribution in [2.75, 3.05) is 24.2 Å². The quantitative estimate of drug-likeness (QED) is 0.621. The molecule has 0 aromatic heterocycles. The summed E-state index contributed by atoms with van der Waals surface area (Å²) < 4.78 is 4.81. The molecule has 1 fully saturated rings. The molecule has 2 rings (SSSR count). The number of benzene rings is 1. The van der Waals surface area contributed by atoms with Crippen LogP contribution in [0.3, 0.4) is 0 Å². The molecule has 0 spiro atoms. The van der Waals surface area contributed by atoms with Crippen LogP contribution < -0.4 is 5.32 Å². The highest BCUT2D eigenvalue weighted by atomic mass is 35.5. The Bertz CT molecular complexity index is 788. The molecule has 1 aromatic rings. The molecule has 0 unspecified atom stereocenters. The first-order valence-corrected chi connectivity index (χ1v) is 8.62. The van der Waals surface area contributed by atoms with Crippen molar-refractivity contribution in [3.05, 3.63) is 39.9 Å². The summed E-state index contributed by atoms with van der Waals surface area (Å²) in [4.78, 5) is 36.9. The van der Waals surface area contributed by atoms with Crippen LogP contribution in [0.15, 0.2) is 29.3 Å². The molecule has 0 bridgehead atoms. The van der Waals surface area contributed by atoms with Crippen LogP contribution in [0.4, 0.5) is 5.69 Å². The van der Waals surface area contributed by atoms with Crippen LogP contribution in [0.2, 0.25) is 5.02 Å². The normalized spacial score (nSPS) is 15.2. The zero-order chi connectivity index (χ0) is 18.4. The summed E-state index contributed by atoms with van der Waals surface area (Å²) in [6, 6.07) is 6.40. The van der Waals surface area contributed by atoms with Crippen LogP contribution in [0, 0.1) is 11.3 Å². The van der Waals surface area contributed by atoms with Gasteiger partial charge in [-0.25, -0.2) is 4.79 Å². The number of thioether (sulfide) groups is 1. The molecule has 0 atom stereocenters. The minimum Gasteiger partial charge on any atom is -0.463 e. The van der Waals surface area contributed by atoms with Gasteiger partial charge in [0.05, 0.1) is 34.1 Å². The third-order valence-corrected chi connectivity index (χ3v) is 4.45. The highest BCUT2D eigenvalue weighted by Crippen LogP contribution is 2.28. The number of hydrogen-bond acceptors (Lipinski definition) is 6. The van der Waals surface area contributed by atoms with Gasteiger partial charge < -0.3 is 10.1 Å². The third-order valence-electron chi connectivity index (χ3n) is 3.11. The van der Waals surface area contributed by atoms with Crippen LogP contribution in [-0.4, -0.2) is 41.6 Å². The Morgan fingerprint density at radius 3 is 2.92 bits per heavy atom. The zero-order valence-corrected chi connectivity index (χ0v) is 14.8. The van der Waals surface area contributed by atoms with Crippen molar-refractivity contribution in [2.45, 2.75) is 6.92 Å². The second kappa shape index (κ2) is 8.55. The van der Waals surface area contributed by atoms with E-state index in [4.69, 9.17) is 21.6 Å². The van der Waals surface area contributed by atoms with Crippen LogP contribution in [0.1, 0.15) is 12.5 Å². The van der Waals surface area contributed by atoms with Gasteiger partial charge in [-0.3, -0.25) is 14.5 Å². The molecule has 1 heterocycles. The molecule has 0 radical (unpaired) electrons. The first-order valence-electron chi connectivity index (χ1n) is 7.25. The lowest BCUT2D eigenvalue weighted by molar-refractivity contribution is -0.137. The van der Waals surface area contributed by atoms with Crippen molar-refractivity contribution in [1.82, 2.24) is 4.90 Å². The molecular weight excluding hydrogens is 366 g/mol. The molecule has 0 aliphatic carbocycles. The first-order chi connectivity index (χ1) is 11.9. The number of rotatable bonds is 5. The number of carbonyl (C=O) groups excluding carboxylic acids is 3. The van der Waals surface area contributed by atoms with Gasteiger partial charge >= 0.3 is 5.97 Å². The standard InChI is InChI=1S/C16H14ClN3O4S/c1-2-24-16(23)6-15-20(14(22)9-25-15)8-13(21)19-11-4-3-10(7-18)12(17)5-11/h3-6H,2,8-9H2,1H3,(H,19,21)/b15-6-. The second-order valence-corrected chi connectivity index (χ2v) is 6.26. The molecule has 1 saturated heterocycles. The fourth-order valence-corrected chi connectivity index (χ4v) is 3.16. The van der Waals surface area contributed by atoms with Crippen molar-refractivity contribution in [3.63, 3.8) is 0 Å². The number of carbonyl (C=O) groups is 3. The Balaban J connectivity index is 2.05. The van der Waals surface area contributed by atoms with Crippen LogP contribution in [-0.2, 0) is 19.1 Å². The maximum atomic E-state index is 12.2. The summed E-state index contributed by atoms with van der Waals surface area (Å²) >= 11 is 7.08. The van der Waals surface area contributed by atoms with Gasteiger partial charge in [0.15, 0.2) is 0 Å². The number of ether oxygens (including phenoxy) is 1. The molecule has 0 saturated carbocycles. The van der Waals surface area contributed by atoms with Crippen LogP contribution in [0.5, 0.6) is 0 Å². The van der Waals surface area contributed by atoms with E-state index in [1.165, 1.54) is 40.9 Å². The average molecular weight is 380 g/mol. The van der Waals surface area contributed by atoms with E-state index >= 15 is 0 Å². The Hall–Kier alpha value is -2.50. The lowest BCUT2D eigenvalue weighted by Gasteiger charge is -2.16. The predicted octanol–water partition coefficient (Wildman–Crippen LogP) is 2.13. The molecule has 2 amide bonds. The van der Waals surface area contributed by atoms with E-state index in [1.807, 2.05) is 6.07 Å². The van der Waals surface area contributed by atoms with Crippen LogP contribution >= 0.6 is 23.4 Å². The average Bonchev–Trinajstić information content (AvgIpc) is 2.88. The molecule has 1 aliphatic rings. The minimum atomic E-state index is -0.566. The molecular formula is C16H14ClN3O4S. The first kappa shape index (κ1) is 18.8. The van der Waals surface area contributed by atoms with Gasteiger partial charge in [-0.2, -0.15) is 5.26 Å². The number of esters is 1. The van der Waals surface area contributed by atoms with Crippen molar-refractivity contribution >= 4 is 46.8 Å². The minimum absolute atomic E-state index is 0.154. The Labute approximate surface area is 153 Å². The lowest BCUT2D eigenvalue weighted by atomic mass is 10.2. The van der Waals surface area contributed by atoms with Crippen molar-refractivity contribution in [1.29, 1.82) is 5.26 Å². The maximum absolute atomic E-state index is 12.2. The largest absolute Gasteiger partial charge is 0.463 e. The summed E-state index contributed by atoms with van der Waals surface area (Å²) in [5, 5.41) is 12.0. The van der Waals surface area contributed by atoms with Crippen LogP contribution in [0.25, 0.3) is 0 Å². The number of anilines is 1. The fraction of sp³-hybridized carbons (Fsp3) is 0.250. The van der Waals surface area contributed by atoms with Gasteiger partial charge in [0, 0.05) is 5.69 Å². The molecule has 9 heteroatoms. The van der Waals surface area contributed by atoms with Gasteiger partial charge in [0.2, 0.25) is 11.8 Å².